The summed E-state index contributed by atoms with van der Waals surface area (Å²) in [6, 6.07) is 0. The van der Waals surface area contributed by atoms with Gasteiger partial charge in [-0.25, -0.2) is 0 Å². The van der Waals surface area contributed by atoms with Crippen LogP contribution in [0, 0.1) is 11.3 Å². The molecule has 0 aromatic rings. The van der Waals surface area contributed by atoms with E-state index in [2.05, 4.69) is 29.2 Å². The first-order valence-electron chi connectivity index (χ1n) is 7.23. The van der Waals surface area contributed by atoms with E-state index in [1.54, 1.807) is 0 Å². The number of nitrogens with one attached hydrogen (secondary N) is 1. The summed E-state index contributed by atoms with van der Waals surface area (Å²) in [6.45, 7) is 7.85. The maximum absolute atomic E-state index is 5.63. The van der Waals surface area contributed by atoms with Crippen LogP contribution >= 0.6 is 0 Å². The molecular weight excluding hydrogens is 226 g/mol. The zero-order valence-electron chi connectivity index (χ0n) is 12.2. The van der Waals surface area contributed by atoms with Gasteiger partial charge >= 0.3 is 0 Å². The Morgan fingerprint density at radius 2 is 2.33 bits per heavy atom. The van der Waals surface area contributed by atoms with Crippen molar-refractivity contribution in [3.8, 4) is 0 Å². The fourth-order valence-electron chi connectivity index (χ4n) is 3.60. The van der Waals surface area contributed by atoms with Gasteiger partial charge in [0.05, 0.1) is 6.61 Å². The Balaban J connectivity index is 1.79. The molecule has 106 valence electrons. The van der Waals surface area contributed by atoms with Crippen molar-refractivity contribution >= 4 is 0 Å². The first-order valence-corrected chi connectivity index (χ1v) is 7.23. The van der Waals surface area contributed by atoms with Crippen molar-refractivity contribution in [1.29, 1.82) is 0 Å². The Labute approximate surface area is 112 Å². The summed E-state index contributed by atoms with van der Waals surface area (Å²) >= 11 is 0. The molecule has 4 nitrogen and oxygen atoms in total. The van der Waals surface area contributed by atoms with Crippen molar-refractivity contribution in [2.45, 2.75) is 12.8 Å². The Bertz CT molecular complexity index is 253. The van der Waals surface area contributed by atoms with E-state index in [1.807, 2.05) is 7.05 Å². The molecule has 0 aliphatic carbocycles. The highest BCUT2D eigenvalue weighted by molar-refractivity contribution is 4.88. The Morgan fingerprint density at radius 1 is 1.50 bits per heavy atom. The SMILES string of the molecule is CNCC1(CN(C)CC2CCN(C)C2)CCOC1. The lowest BCUT2D eigenvalue weighted by atomic mass is 9.86. The molecular formula is C14H29N3O. The van der Waals surface area contributed by atoms with Crippen LogP contribution in [0.5, 0.6) is 0 Å². The maximum atomic E-state index is 5.63. The number of likely N-dealkylation sites (tertiary alicyclic amines) is 1. The predicted molar refractivity (Wildman–Crippen MR) is 74.9 cm³/mol. The van der Waals surface area contributed by atoms with E-state index < -0.39 is 0 Å². The topological polar surface area (TPSA) is 27.7 Å². The first kappa shape index (κ1) is 14.3. The summed E-state index contributed by atoms with van der Waals surface area (Å²) in [5.74, 6) is 0.856. The Kier molecular flexibility index (Phi) is 5.01. The zero-order chi connectivity index (χ0) is 13.0. The lowest BCUT2D eigenvalue weighted by Gasteiger charge is -2.33. The van der Waals surface area contributed by atoms with Gasteiger partial charge in [0.15, 0.2) is 0 Å². The summed E-state index contributed by atoms with van der Waals surface area (Å²) in [4.78, 5) is 4.97. The molecule has 2 fully saturated rings. The molecule has 1 N–H and O–H groups in total. The fourth-order valence-corrected chi connectivity index (χ4v) is 3.60. The third-order valence-corrected chi connectivity index (χ3v) is 4.40. The van der Waals surface area contributed by atoms with Crippen molar-refractivity contribution in [2.75, 3.05) is 67.1 Å². The second-order valence-electron chi connectivity index (χ2n) is 6.45. The van der Waals surface area contributed by atoms with Crippen molar-refractivity contribution in [3.63, 3.8) is 0 Å². The lowest BCUT2D eigenvalue weighted by molar-refractivity contribution is 0.114. The molecule has 0 aromatic heterocycles. The Hall–Kier alpha value is -0.160. The molecule has 2 atom stereocenters. The fraction of sp³-hybridized carbons (Fsp3) is 1.00. The van der Waals surface area contributed by atoms with Gasteiger partial charge in [0.2, 0.25) is 0 Å². The average Bonchev–Trinajstić information content (AvgIpc) is 2.89. The lowest BCUT2D eigenvalue weighted by Crippen LogP contribution is -2.44. The number of nitrogens with zero attached hydrogens (tertiary/aromatic N) is 2. The third kappa shape index (κ3) is 3.67. The molecule has 0 amide bonds. The summed E-state index contributed by atoms with van der Waals surface area (Å²) in [7, 11) is 6.55. The Morgan fingerprint density at radius 3 is 2.89 bits per heavy atom. The number of hydrogen-bond acceptors (Lipinski definition) is 4. The van der Waals surface area contributed by atoms with E-state index in [9.17, 15) is 0 Å². The third-order valence-electron chi connectivity index (χ3n) is 4.40. The van der Waals surface area contributed by atoms with Gasteiger partial charge in [0, 0.05) is 38.2 Å². The summed E-state index contributed by atoms with van der Waals surface area (Å²) in [6.07, 6.45) is 2.55. The molecule has 18 heavy (non-hydrogen) atoms. The van der Waals surface area contributed by atoms with Crippen LogP contribution in [-0.4, -0.2) is 76.9 Å². The number of hydrogen-bond donors (Lipinski definition) is 1. The monoisotopic (exact) mass is 255 g/mol. The summed E-state index contributed by atoms with van der Waals surface area (Å²) in [5.41, 5.74) is 0.341. The van der Waals surface area contributed by atoms with Gasteiger partial charge < -0.3 is 19.9 Å². The van der Waals surface area contributed by atoms with Gasteiger partial charge in [0.25, 0.3) is 0 Å². The first-order chi connectivity index (χ1) is 8.63. The largest absolute Gasteiger partial charge is 0.381 e. The minimum atomic E-state index is 0.341. The second kappa shape index (κ2) is 6.33. The van der Waals surface area contributed by atoms with E-state index >= 15 is 0 Å². The standard InChI is InChI=1S/C14H29N3O/c1-15-10-14(5-7-18-12-14)11-17(3)9-13-4-6-16(2)8-13/h13,15H,4-12H2,1-3H3. The zero-order valence-corrected chi connectivity index (χ0v) is 12.2. The molecule has 0 saturated carbocycles. The average molecular weight is 255 g/mol. The van der Waals surface area contributed by atoms with Crippen LogP contribution in [0.3, 0.4) is 0 Å². The molecule has 0 bridgehead atoms. The molecule has 0 aromatic carbocycles. The summed E-state index contributed by atoms with van der Waals surface area (Å²) in [5, 5.41) is 3.34. The smallest absolute Gasteiger partial charge is 0.0547 e. The molecule has 4 heteroatoms. The van der Waals surface area contributed by atoms with E-state index in [0.717, 1.165) is 32.2 Å². The van der Waals surface area contributed by atoms with Crippen LogP contribution in [0.2, 0.25) is 0 Å². The second-order valence-corrected chi connectivity index (χ2v) is 6.45. The van der Waals surface area contributed by atoms with E-state index in [1.165, 1.54) is 32.5 Å². The van der Waals surface area contributed by atoms with E-state index in [4.69, 9.17) is 4.74 Å². The highest BCUT2D eigenvalue weighted by atomic mass is 16.5. The number of rotatable bonds is 6. The molecule has 2 rings (SSSR count). The van der Waals surface area contributed by atoms with E-state index in [-0.39, 0.29) is 0 Å². The van der Waals surface area contributed by atoms with Crippen molar-refractivity contribution < 1.29 is 4.74 Å². The maximum Gasteiger partial charge on any atom is 0.0547 e. The molecule has 2 unspecified atom stereocenters. The van der Waals surface area contributed by atoms with Gasteiger partial charge in [-0.1, -0.05) is 0 Å². The quantitative estimate of drug-likeness (QED) is 0.748. The highest BCUT2D eigenvalue weighted by Gasteiger charge is 2.35. The van der Waals surface area contributed by atoms with Gasteiger partial charge in [-0.15, -0.1) is 0 Å². The minimum absolute atomic E-state index is 0.341. The normalized spacial score (nSPS) is 33.7. The summed E-state index contributed by atoms with van der Waals surface area (Å²) < 4.78 is 5.63. The number of ether oxygens (including phenoxy) is 1. The van der Waals surface area contributed by atoms with Crippen LogP contribution < -0.4 is 5.32 Å². The van der Waals surface area contributed by atoms with Crippen LogP contribution in [0.25, 0.3) is 0 Å². The van der Waals surface area contributed by atoms with Crippen molar-refractivity contribution in [3.05, 3.63) is 0 Å². The van der Waals surface area contributed by atoms with Crippen molar-refractivity contribution in [1.82, 2.24) is 15.1 Å². The van der Waals surface area contributed by atoms with Crippen LogP contribution in [-0.2, 0) is 4.74 Å². The van der Waals surface area contributed by atoms with Crippen molar-refractivity contribution in [2.24, 2.45) is 11.3 Å². The molecule has 2 saturated heterocycles. The van der Waals surface area contributed by atoms with Gasteiger partial charge in [-0.3, -0.25) is 0 Å². The van der Waals surface area contributed by atoms with Gasteiger partial charge in [-0.05, 0) is 46.4 Å². The van der Waals surface area contributed by atoms with Gasteiger partial charge in [0.1, 0.15) is 0 Å². The predicted octanol–water partition coefficient (Wildman–Crippen LogP) is 0.496. The molecule has 0 radical (unpaired) electrons. The molecule has 2 aliphatic rings. The molecule has 2 aliphatic heterocycles. The van der Waals surface area contributed by atoms with Gasteiger partial charge in [-0.2, -0.15) is 0 Å². The highest BCUT2D eigenvalue weighted by Crippen LogP contribution is 2.29. The van der Waals surface area contributed by atoms with Crippen LogP contribution in [0.1, 0.15) is 12.8 Å². The van der Waals surface area contributed by atoms with E-state index in [0.29, 0.717) is 5.41 Å². The molecule has 2 heterocycles. The van der Waals surface area contributed by atoms with Crippen LogP contribution in [0.15, 0.2) is 0 Å². The minimum Gasteiger partial charge on any atom is -0.381 e. The molecule has 0 spiro atoms. The van der Waals surface area contributed by atoms with Crippen LogP contribution in [0.4, 0.5) is 0 Å².